The zero-order chi connectivity index (χ0) is 20.3. The Kier molecular flexibility index (Phi) is 5.75. The lowest BCUT2D eigenvalue weighted by Gasteiger charge is -2.07. The minimum atomic E-state index is -0.634. The number of nitrogens with one attached hydrogen (secondary N) is 2. The zero-order valence-electron chi connectivity index (χ0n) is 15.2. The van der Waals surface area contributed by atoms with Crippen LogP contribution >= 0.6 is 11.6 Å². The maximum atomic E-state index is 13.1. The number of halogens is 2. The van der Waals surface area contributed by atoms with E-state index < -0.39 is 24.3 Å². The minimum Gasteiger partial charge on any atom is -0.452 e. The summed E-state index contributed by atoms with van der Waals surface area (Å²) in [6, 6.07) is 10.5. The fourth-order valence-electron chi connectivity index (χ4n) is 2.43. The molecule has 0 fully saturated rings. The predicted octanol–water partition coefficient (Wildman–Crippen LogP) is 4.28. The molecule has 8 heteroatoms. The van der Waals surface area contributed by atoms with Gasteiger partial charge in [-0.3, -0.25) is 4.79 Å². The smallest absolute Gasteiger partial charge is 0.338 e. The SMILES string of the molecule is Cc1nc(-c2ccc(C(=O)OCC(=O)Nc3ccc(F)c(Cl)c3)cc2)[nH]c1C. The van der Waals surface area contributed by atoms with E-state index in [2.05, 4.69) is 15.3 Å². The van der Waals surface area contributed by atoms with Crippen LogP contribution < -0.4 is 5.32 Å². The average Bonchev–Trinajstić information content (AvgIpc) is 3.01. The summed E-state index contributed by atoms with van der Waals surface area (Å²) >= 11 is 5.65. The molecule has 144 valence electrons. The molecule has 2 aromatic carbocycles. The molecule has 0 bridgehead atoms. The Bertz CT molecular complexity index is 1010. The molecular formula is C20H17ClFN3O3. The molecule has 1 aromatic heterocycles. The molecule has 1 amide bonds. The van der Waals surface area contributed by atoms with Gasteiger partial charge in [-0.05, 0) is 44.2 Å². The number of esters is 1. The van der Waals surface area contributed by atoms with Gasteiger partial charge in [0.15, 0.2) is 6.61 Å². The van der Waals surface area contributed by atoms with Crippen molar-refractivity contribution < 1.29 is 18.7 Å². The molecule has 0 unspecified atom stereocenters. The van der Waals surface area contributed by atoms with E-state index >= 15 is 0 Å². The van der Waals surface area contributed by atoms with Crippen LogP contribution in [0.15, 0.2) is 42.5 Å². The number of aryl methyl sites for hydroxylation is 2. The number of aromatic nitrogens is 2. The molecule has 0 atom stereocenters. The fourth-order valence-corrected chi connectivity index (χ4v) is 2.61. The van der Waals surface area contributed by atoms with E-state index in [1.165, 1.54) is 12.1 Å². The van der Waals surface area contributed by atoms with Crippen molar-refractivity contribution in [1.82, 2.24) is 9.97 Å². The van der Waals surface area contributed by atoms with Crippen molar-refractivity contribution >= 4 is 29.2 Å². The number of hydrogen-bond acceptors (Lipinski definition) is 4. The van der Waals surface area contributed by atoms with Crippen molar-refractivity contribution in [3.63, 3.8) is 0 Å². The highest BCUT2D eigenvalue weighted by Gasteiger charge is 2.12. The predicted molar refractivity (Wildman–Crippen MR) is 104 cm³/mol. The van der Waals surface area contributed by atoms with E-state index in [1.54, 1.807) is 24.3 Å². The van der Waals surface area contributed by atoms with Gasteiger partial charge in [0, 0.05) is 16.9 Å². The summed E-state index contributed by atoms with van der Waals surface area (Å²) in [5, 5.41) is 2.36. The van der Waals surface area contributed by atoms with Crippen LogP contribution in [0.1, 0.15) is 21.7 Å². The number of rotatable bonds is 5. The van der Waals surface area contributed by atoms with Gasteiger partial charge in [-0.2, -0.15) is 0 Å². The van der Waals surface area contributed by atoms with Crippen LogP contribution in [0.3, 0.4) is 0 Å². The number of ether oxygens (including phenoxy) is 1. The van der Waals surface area contributed by atoms with Gasteiger partial charge in [-0.25, -0.2) is 14.2 Å². The Hall–Kier alpha value is -3.19. The normalized spacial score (nSPS) is 10.6. The molecule has 28 heavy (non-hydrogen) atoms. The minimum absolute atomic E-state index is 0.114. The maximum absolute atomic E-state index is 13.1. The Morgan fingerprint density at radius 3 is 2.50 bits per heavy atom. The molecule has 0 aliphatic carbocycles. The first-order valence-corrected chi connectivity index (χ1v) is 8.77. The average molecular weight is 402 g/mol. The zero-order valence-corrected chi connectivity index (χ0v) is 15.9. The topological polar surface area (TPSA) is 84.1 Å². The fraction of sp³-hybridized carbons (Fsp3) is 0.150. The van der Waals surface area contributed by atoms with Crippen molar-refractivity contribution in [3.8, 4) is 11.4 Å². The molecule has 0 aliphatic rings. The Morgan fingerprint density at radius 2 is 1.89 bits per heavy atom. The number of hydrogen-bond donors (Lipinski definition) is 2. The van der Waals surface area contributed by atoms with Gasteiger partial charge >= 0.3 is 5.97 Å². The molecular weight excluding hydrogens is 385 g/mol. The van der Waals surface area contributed by atoms with Crippen LogP contribution in [-0.4, -0.2) is 28.5 Å². The van der Waals surface area contributed by atoms with E-state index in [9.17, 15) is 14.0 Å². The van der Waals surface area contributed by atoms with Gasteiger partial charge in [0.05, 0.1) is 16.3 Å². The number of amides is 1. The lowest BCUT2D eigenvalue weighted by Crippen LogP contribution is -2.20. The highest BCUT2D eigenvalue weighted by molar-refractivity contribution is 6.31. The van der Waals surface area contributed by atoms with Gasteiger partial charge in [-0.15, -0.1) is 0 Å². The Morgan fingerprint density at radius 1 is 1.18 bits per heavy atom. The van der Waals surface area contributed by atoms with E-state index in [1.807, 2.05) is 13.8 Å². The number of carbonyl (C=O) groups excluding carboxylic acids is 2. The standard InChI is InChI=1S/C20H17ClFN3O3/c1-11-12(2)24-19(23-11)13-3-5-14(6-4-13)20(27)28-10-18(26)25-15-7-8-17(22)16(21)9-15/h3-9H,10H2,1-2H3,(H,23,24)(H,25,26). The molecule has 2 N–H and O–H groups in total. The second kappa shape index (κ2) is 8.22. The van der Waals surface area contributed by atoms with Crippen molar-refractivity contribution in [3.05, 3.63) is 70.3 Å². The number of H-pyrrole nitrogens is 1. The number of imidazole rings is 1. The quantitative estimate of drug-likeness (QED) is 0.625. The lowest BCUT2D eigenvalue weighted by atomic mass is 10.1. The molecule has 0 saturated heterocycles. The first-order valence-electron chi connectivity index (χ1n) is 8.39. The number of anilines is 1. The summed E-state index contributed by atoms with van der Waals surface area (Å²) in [5.41, 5.74) is 3.33. The van der Waals surface area contributed by atoms with E-state index in [0.29, 0.717) is 17.1 Å². The van der Waals surface area contributed by atoms with Crippen LogP contribution in [0.2, 0.25) is 5.02 Å². The summed E-state index contributed by atoms with van der Waals surface area (Å²) in [6.45, 7) is 3.36. The monoisotopic (exact) mass is 401 g/mol. The van der Waals surface area contributed by atoms with Crippen molar-refractivity contribution in [2.24, 2.45) is 0 Å². The van der Waals surface area contributed by atoms with Gasteiger partial charge in [0.1, 0.15) is 11.6 Å². The van der Waals surface area contributed by atoms with Crippen molar-refractivity contribution in [2.75, 3.05) is 11.9 Å². The Labute approximate surface area is 165 Å². The van der Waals surface area contributed by atoms with Gasteiger partial charge < -0.3 is 15.0 Å². The molecule has 3 aromatic rings. The molecule has 6 nitrogen and oxygen atoms in total. The molecule has 0 spiro atoms. The van der Waals surface area contributed by atoms with Crippen LogP contribution in [0, 0.1) is 19.7 Å². The third-order valence-electron chi connectivity index (χ3n) is 4.06. The second-order valence-corrected chi connectivity index (χ2v) is 6.53. The first-order chi connectivity index (χ1) is 13.3. The summed E-state index contributed by atoms with van der Waals surface area (Å²) in [4.78, 5) is 31.6. The molecule has 3 rings (SSSR count). The summed E-state index contributed by atoms with van der Waals surface area (Å²) in [6.07, 6.45) is 0. The van der Waals surface area contributed by atoms with Crippen LogP contribution in [0.25, 0.3) is 11.4 Å². The van der Waals surface area contributed by atoms with Gasteiger partial charge in [-0.1, -0.05) is 23.7 Å². The number of nitrogens with zero attached hydrogens (tertiary/aromatic N) is 1. The van der Waals surface area contributed by atoms with Gasteiger partial charge in [0.2, 0.25) is 0 Å². The number of benzene rings is 2. The molecule has 0 saturated carbocycles. The van der Waals surface area contributed by atoms with Gasteiger partial charge in [0.25, 0.3) is 5.91 Å². The van der Waals surface area contributed by atoms with Crippen LogP contribution in [0.4, 0.5) is 10.1 Å². The lowest BCUT2D eigenvalue weighted by molar-refractivity contribution is -0.119. The third kappa shape index (κ3) is 4.55. The highest BCUT2D eigenvalue weighted by Crippen LogP contribution is 2.20. The second-order valence-electron chi connectivity index (χ2n) is 6.13. The highest BCUT2D eigenvalue weighted by atomic mass is 35.5. The van der Waals surface area contributed by atoms with E-state index in [-0.39, 0.29) is 5.02 Å². The first kappa shape index (κ1) is 19.6. The van der Waals surface area contributed by atoms with Crippen molar-refractivity contribution in [1.29, 1.82) is 0 Å². The number of carbonyl (C=O) groups is 2. The molecule has 0 aliphatic heterocycles. The largest absolute Gasteiger partial charge is 0.452 e. The van der Waals surface area contributed by atoms with E-state index in [0.717, 1.165) is 23.0 Å². The van der Waals surface area contributed by atoms with E-state index in [4.69, 9.17) is 16.3 Å². The molecule has 0 radical (unpaired) electrons. The summed E-state index contributed by atoms with van der Waals surface area (Å²) in [5.74, 6) is -1.07. The summed E-state index contributed by atoms with van der Waals surface area (Å²) in [7, 11) is 0. The number of aromatic amines is 1. The van der Waals surface area contributed by atoms with Crippen LogP contribution in [-0.2, 0) is 9.53 Å². The third-order valence-corrected chi connectivity index (χ3v) is 4.35. The maximum Gasteiger partial charge on any atom is 0.338 e. The summed E-state index contributed by atoms with van der Waals surface area (Å²) < 4.78 is 18.1. The molecule has 1 heterocycles. The Balaban J connectivity index is 1.57. The van der Waals surface area contributed by atoms with Crippen molar-refractivity contribution in [2.45, 2.75) is 13.8 Å². The van der Waals surface area contributed by atoms with Crippen LogP contribution in [0.5, 0.6) is 0 Å².